The molecule has 0 radical (unpaired) electrons. The van der Waals surface area contributed by atoms with Gasteiger partial charge in [0.25, 0.3) is 0 Å². The molecule has 4 heteroatoms. The van der Waals surface area contributed by atoms with E-state index in [0.29, 0.717) is 18.4 Å². The molecule has 0 bridgehead atoms. The van der Waals surface area contributed by atoms with E-state index in [1.165, 1.54) is 0 Å². The molecular formula is C12H25N3O. The molecule has 0 saturated carbocycles. The van der Waals surface area contributed by atoms with E-state index in [-0.39, 0.29) is 11.6 Å². The lowest BCUT2D eigenvalue weighted by atomic mass is 9.87. The predicted molar refractivity (Wildman–Crippen MR) is 66.2 cm³/mol. The van der Waals surface area contributed by atoms with Crippen molar-refractivity contribution in [2.75, 3.05) is 19.6 Å². The highest BCUT2D eigenvalue weighted by atomic mass is 16.2. The molecule has 2 unspecified atom stereocenters. The topological polar surface area (TPSA) is 58.4 Å². The summed E-state index contributed by atoms with van der Waals surface area (Å²) in [4.78, 5) is 13.8. The van der Waals surface area contributed by atoms with Gasteiger partial charge in [0.05, 0.1) is 0 Å². The van der Waals surface area contributed by atoms with Crippen molar-refractivity contribution in [1.29, 1.82) is 0 Å². The third-order valence-electron chi connectivity index (χ3n) is 3.19. The molecule has 94 valence electrons. The van der Waals surface area contributed by atoms with Gasteiger partial charge in [0.1, 0.15) is 0 Å². The van der Waals surface area contributed by atoms with Crippen LogP contribution < -0.4 is 11.1 Å². The Morgan fingerprint density at radius 1 is 1.50 bits per heavy atom. The summed E-state index contributed by atoms with van der Waals surface area (Å²) in [6, 6.07) is 0.0397. The lowest BCUT2D eigenvalue weighted by Gasteiger charge is -2.37. The van der Waals surface area contributed by atoms with Gasteiger partial charge in [-0.05, 0) is 45.6 Å². The molecule has 4 nitrogen and oxygen atoms in total. The molecular weight excluding hydrogens is 202 g/mol. The van der Waals surface area contributed by atoms with E-state index in [4.69, 9.17) is 5.73 Å². The van der Waals surface area contributed by atoms with Gasteiger partial charge in [-0.15, -0.1) is 0 Å². The van der Waals surface area contributed by atoms with Gasteiger partial charge in [-0.2, -0.15) is 0 Å². The number of urea groups is 1. The van der Waals surface area contributed by atoms with Gasteiger partial charge in [0.2, 0.25) is 0 Å². The van der Waals surface area contributed by atoms with Gasteiger partial charge in [-0.1, -0.05) is 6.92 Å². The number of piperidine rings is 1. The number of nitrogens with zero attached hydrogens (tertiary/aromatic N) is 1. The molecule has 1 rings (SSSR count). The number of hydrogen-bond donors (Lipinski definition) is 2. The first-order valence-electron chi connectivity index (χ1n) is 6.10. The summed E-state index contributed by atoms with van der Waals surface area (Å²) >= 11 is 0. The van der Waals surface area contributed by atoms with Crippen molar-refractivity contribution >= 4 is 6.03 Å². The van der Waals surface area contributed by atoms with E-state index in [2.05, 4.69) is 12.2 Å². The average Bonchev–Trinajstić information content (AvgIpc) is 2.15. The molecule has 0 aromatic carbocycles. The zero-order valence-corrected chi connectivity index (χ0v) is 10.9. The first-order chi connectivity index (χ1) is 7.33. The third kappa shape index (κ3) is 3.67. The largest absolute Gasteiger partial charge is 0.333 e. The number of nitrogens with one attached hydrogen (secondary N) is 1. The van der Waals surface area contributed by atoms with Crippen LogP contribution in [-0.2, 0) is 0 Å². The molecule has 3 N–H and O–H groups in total. The summed E-state index contributed by atoms with van der Waals surface area (Å²) in [6.45, 7) is 10.5. The quantitative estimate of drug-likeness (QED) is 0.711. The zero-order valence-electron chi connectivity index (χ0n) is 10.9. The number of carbonyl (C=O) groups is 1. The number of likely N-dealkylation sites (tertiary alicyclic amines) is 1. The van der Waals surface area contributed by atoms with Crippen LogP contribution in [0.3, 0.4) is 0 Å². The second kappa shape index (κ2) is 5.04. The smallest absolute Gasteiger partial charge is 0.317 e. The van der Waals surface area contributed by atoms with Gasteiger partial charge in [0, 0.05) is 18.6 Å². The van der Waals surface area contributed by atoms with Crippen LogP contribution in [0.15, 0.2) is 0 Å². The molecule has 0 aromatic heterocycles. The second-order valence-corrected chi connectivity index (χ2v) is 5.89. The third-order valence-corrected chi connectivity index (χ3v) is 3.19. The molecule has 1 fully saturated rings. The highest BCUT2D eigenvalue weighted by molar-refractivity contribution is 5.75. The highest BCUT2D eigenvalue weighted by Gasteiger charge is 2.29. The highest BCUT2D eigenvalue weighted by Crippen LogP contribution is 2.22. The van der Waals surface area contributed by atoms with Gasteiger partial charge in [0.15, 0.2) is 0 Å². The first-order valence-corrected chi connectivity index (χ1v) is 6.10. The Morgan fingerprint density at radius 3 is 2.62 bits per heavy atom. The van der Waals surface area contributed by atoms with Crippen molar-refractivity contribution in [3.63, 3.8) is 0 Å². The average molecular weight is 227 g/mol. The molecule has 2 amide bonds. The fraction of sp³-hybridized carbons (Fsp3) is 0.917. The van der Waals surface area contributed by atoms with Gasteiger partial charge < -0.3 is 16.0 Å². The van der Waals surface area contributed by atoms with Crippen LogP contribution >= 0.6 is 0 Å². The van der Waals surface area contributed by atoms with E-state index in [1.54, 1.807) is 0 Å². The molecule has 2 atom stereocenters. The molecule has 1 heterocycles. The molecule has 0 aliphatic carbocycles. The number of rotatable bonds is 1. The van der Waals surface area contributed by atoms with Crippen LogP contribution in [-0.4, -0.2) is 36.1 Å². The van der Waals surface area contributed by atoms with Crippen molar-refractivity contribution < 1.29 is 4.79 Å². The Bertz CT molecular complexity index is 247. The van der Waals surface area contributed by atoms with Gasteiger partial charge in [-0.25, -0.2) is 4.79 Å². The number of hydrogen-bond acceptors (Lipinski definition) is 2. The van der Waals surface area contributed by atoms with E-state index in [0.717, 1.165) is 19.5 Å². The molecule has 1 saturated heterocycles. The van der Waals surface area contributed by atoms with E-state index < -0.39 is 0 Å². The lowest BCUT2D eigenvalue weighted by Crippen LogP contribution is -2.53. The molecule has 0 spiro atoms. The maximum absolute atomic E-state index is 12.0. The van der Waals surface area contributed by atoms with E-state index >= 15 is 0 Å². The maximum Gasteiger partial charge on any atom is 0.317 e. The lowest BCUT2D eigenvalue weighted by molar-refractivity contribution is 0.135. The maximum atomic E-state index is 12.0. The molecule has 1 aliphatic rings. The SMILES string of the molecule is CC1CCN(C(=O)NC(C)(C)C)CC1CN. The second-order valence-electron chi connectivity index (χ2n) is 5.89. The van der Waals surface area contributed by atoms with Crippen molar-refractivity contribution in [2.24, 2.45) is 17.6 Å². The Kier molecular flexibility index (Phi) is 4.19. The standard InChI is InChI=1S/C12H25N3O/c1-9-5-6-15(8-10(9)7-13)11(16)14-12(2,3)4/h9-10H,5-8,13H2,1-4H3,(H,14,16). The first kappa shape index (κ1) is 13.3. The summed E-state index contributed by atoms with van der Waals surface area (Å²) < 4.78 is 0. The Labute approximate surface area is 98.6 Å². The van der Waals surface area contributed by atoms with Gasteiger partial charge >= 0.3 is 6.03 Å². The summed E-state index contributed by atoms with van der Waals surface area (Å²) in [5, 5.41) is 2.99. The van der Waals surface area contributed by atoms with Crippen LogP contribution in [0.2, 0.25) is 0 Å². The summed E-state index contributed by atoms with van der Waals surface area (Å²) in [7, 11) is 0. The summed E-state index contributed by atoms with van der Waals surface area (Å²) in [6.07, 6.45) is 1.05. The molecule has 0 aromatic rings. The monoisotopic (exact) mass is 227 g/mol. The van der Waals surface area contributed by atoms with Crippen molar-refractivity contribution in [1.82, 2.24) is 10.2 Å². The van der Waals surface area contributed by atoms with Crippen LogP contribution in [0.5, 0.6) is 0 Å². The van der Waals surface area contributed by atoms with Gasteiger partial charge in [-0.3, -0.25) is 0 Å². The molecule has 1 aliphatic heterocycles. The summed E-state index contributed by atoms with van der Waals surface area (Å²) in [5.41, 5.74) is 5.56. The van der Waals surface area contributed by atoms with E-state index in [1.807, 2.05) is 25.7 Å². The van der Waals surface area contributed by atoms with Crippen molar-refractivity contribution in [3.8, 4) is 0 Å². The van der Waals surface area contributed by atoms with Crippen LogP contribution in [0.1, 0.15) is 34.1 Å². The Morgan fingerprint density at radius 2 is 2.12 bits per heavy atom. The Hall–Kier alpha value is -0.770. The fourth-order valence-corrected chi connectivity index (χ4v) is 2.04. The molecule has 16 heavy (non-hydrogen) atoms. The number of amides is 2. The zero-order chi connectivity index (χ0) is 12.3. The number of nitrogens with two attached hydrogens (primary N) is 1. The minimum absolute atomic E-state index is 0.0397. The minimum atomic E-state index is -0.168. The Balaban J connectivity index is 2.52. The summed E-state index contributed by atoms with van der Waals surface area (Å²) in [5.74, 6) is 1.07. The minimum Gasteiger partial charge on any atom is -0.333 e. The number of carbonyl (C=O) groups excluding carboxylic acids is 1. The predicted octanol–water partition coefficient (Wildman–Crippen LogP) is 1.41. The van der Waals surface area contributed by atoms with Crippen LogP contribution in [0.25, 0.3) is 0 Å². The van der Waals surface area contributed by atoms with Crippen molar-refractivity contribution in [3.05, 3.63) is 0 Å². The van der Waals surface area contributed by atoms with E-state index in [9.17, 15) is 4.79 Å². The normalized spacial score (nSPS) is 26.7. The van der Waals surface area contributed by atoms with Crippen molar-refractivity contribution in [2.45, 2.75) is 39.7 Å². The fourth-order valence-electron chi connectivity index (χ4n) is 2.04. The van der Waals surface area contributed by atoms with Crippen LogP contribution in [0, 0.1) is 11.8 Å². The van der Waals surface area contributed by atoms with Crippen LogP contribution in [0.4, 0.5) is 4.79 Å².